The Morgan fingerprint density at radius 1 is 1.32 bits per heavy atom. The molecule has 2 nitrogen and oxygen atoms in total. The lowest BCUT2D eigenvalue weighted by Crippen LogP contribution is -2.29. The molecule has 0 saturated carbocycles. The summed E-state index contributed by atoms with van der Waals surface area (Å²) in [5.74, 6) is 0. The number of thiophene rings is 1. The van der Waals surface area contributed by atoms with Crippen LogP contribution in [0.4, 0.5) is 0 Å². The molecular formula is C16H19NOS. The van der Waals surface area contributed by atoms with Crippen molar-refractivity contribution in [1.29, 1.82) is 0 Å². The monoisotopic (exact) mass is 273 g/mol. The highest BCUT2D eigenvalue weighted by atomic mass is 32.1. The average molecular weight is 273 g/mol. The standard InChI is InChI=1S/C16H19NOS/c1-12(16-7-4-10-19-16)17-11-15-14-6-3-2-5-13(14)8-9-18-15/h2-7,10,12,15,17H,8-9,11H2,1H3. The smallest absolute Gasteiger partial charge is 0.0952 e. The topological polar surface area (TPSA) is 21.3 Å². The molecule has 0 spiro atoms. The van der Waals surface area contributed by atoms with Crippen molar-refractivity contribution >= 4 is 11.3 Å². The van der Waals surface area contributed by atoms with Crippen LogP contribution in [0.15, 0.2) is 41.8 Å². The van der Waals surface area contributed by atoms with Gasteiger partial charge in [-0.1, -0.05) is 30.3 Å². The Morgan fingerprint density at radius 2 is 2.21 bits per heavy atom. The van der Waals surface area contributed by atoms with Gasteiger partial charge in [0, 0.05) is 17.5 Å². The van der Waals surface area contributed by atoms with Crippen molar-refractivity contribution in [3.8, 4) is 0 Å². The molecule has 0 fully saturated rings. The highest BCUT2D eigenvalue weighted by Crippen LogP contribution is 2.27. The van der Waals surface area contributed by atoms with Gasteiger partial charge in [-0.05, 0) is 35.9 Å². The first-order valence-electron chi connectivity index (χ1n) is 6.81. The number of nitrogens with one attached hydrogen (secondary N) is 1. The van der Waals surface area contributed by atoms with Crippen LogP contribution in [0.3, 0.4) is 0 Å². The van der Waals surface area contributed by atoms with E-state index in [2.05, 4.69) is 54.0 Å². The molecule has 1 aromatic heterocycles. The molecule has 0 amide bonds. The van der Waals surface area contributed by atoms with Gasteiger partial charge >= 0.3 is 0 Å². The first-order valence-corrected chi connectivity index (χ1v) is 7.69. The summed E-state index contributed by atoms with van der Waals surface area (Å²) in [5.41, 5.74) is 2.78. The van der Waals surface area contributed by atoms with Crippen LogP contribution in [0.1, 0.15) is 35.1 Å². The molecule has 0 radical (unpaired) electrons. The number of hydrogen-bond acceptors (Lipinski definition) is 3. The third-order valence-electron chi connectivity index (χ3n) is 3.67. The predicted molar refractivity (Wildman–Crippen MR) is 79.6 cm³/mol. The fourth-order valence-corrected chi connectivity index (χ4v) is 3.33. The number of benzene rings is 1. The van der Waals surface area contributed by atoms with Gasteiger partial charge in [-0.3, -0.25) is 0 Å². The summed E-state index contributed by atoms with van der Waals surface area (Å²) in [7, 11) is 0. The molecule has 100 valence electrons. The molecule has 2 aromatic rings. The van der Waals surface area contributed by atoms with Crippen LogP contribution in [-0.4, -0.2) is 13.2 Å². The number of fused-ring (bicyclic) bond motifs is 1. The molecule has 19 heavy (non-hydrogen) atoms. The third-order valence-corrected chi connectivity index (χ3v) is 4.73. The zero-order valence-corrected chi connectivity index (χ0v) is 12.0. The lowest BCUT2D eigenvalue weighted by Gasteiger charge is -2.27. The minimum Gasteiger partial charge on any atom is -0.372 e. The molecule has 2 heterocycles. The van der Waals surface area contributed by atoms with Crippen LogP contribution in [0.5, 0.6) is 0 Å². The van der Waals surface area contributed by atoms with Crippen molar-refractivity contribution in [2.75, 3.05) is 13.2 Å². The fraction of sp³-hybridized carbons (Fsp3) is 0.375. The van der Waals surface area contributed by atoms with Crippen LogP contribution in [0.2, 0.25) is 0 Å². The van der Waals surface area contributed by atoms with E-state index >= 15 is 0 Å². The van der Waals surface area contributed by atoms with Gasteiger partial charge in [-0.25, -0.2) is 0 Å². The lowest BCUT2D eigenvalue weighted by atomic mass is 9.97. The second kappa shape index (κ2) is 5.87. The zero-order chi connectivity index (χ0) is 13.1. The van der Waals surface area contributed by atoms with Gasteiger partial charge in [0.1, 0.15) is 0 Å². The molecule has 3 heteroatoms. The van der Waals surface area contributed by atoms with E-state index < -0.39 is 0 Å². The molecule has 1 N–H and O–H groups in total. The van der Waals surface area contributed by atoms with Crippen LogP contribution < -0.4 is 5.32 Å². The largest absolute Gasteiger partial charge is 0.372 e. The Hall–Kier alpha value is -1.16. The highest BCUT2D eigenvalue weighted by molar-refractivity contribution is 7.10. The van der Waals surface area contributed by atoms with E-state index in [9.17, 15) is 0 Å². The molecule has 0 aliphatic carbocycles. The van der Waals surface area contributed by atoms with Gasteiger partial charge < -0.3 is 10.1 Å². The van der Waals surface area contributed by atoms with Crippen LogP contribution in [-0.2, 0) is 11.2 Å². The number of rotatable bonds is 4. The quantitative estimate of drug-likeness (QED) is 0.917. The molecule has 2 unspecified atom stereocenters. The number of ether oxygens (including phenoxy) is 1. The van der Waals surface area contributed by atoms with E-state index in [0.717, 1.165) is 19.6 Å². The van der Waals surface area contributed by atoms with Gasteiger partial charge in [0.25, 0.3) is 0 Å². The van der Waals surface area contributed by atoms with Crippen molar-refractivity contribution in [1.82, 2.24) is 5.32 Å². The maximum atomic E-state index is 5.91. The van der Waals surface area contributed by atoms with Crippen molar-refractivity contribution in [2.45, 2.75) is 25.5 Å². The predicted octanol–water partition coefficient (Wildman–Crippen LogP) is 3.71. The number of hydrogen-bond donors (Lipinski definition) is 1. The third kappa shape index (κ3) is 2.89. The maximum Gasteiger partial charge on any atom is 0.0952 e. The summed E-state index contributed by atoms with van der Waals surface area (Å²) in [6.45, 7) is 3.91. The molecule has 2 atom stereocenters. The van der Waals surface area contributed by atoms with Gasteiger partial charge in [-0.2, -0.15) is 0 Å². The van der Waals surface area contributed by atoms with E-state index in [-0.39, 0.29) is 6.10 Å². The summed E-state index contributed by atoms with van der Waals surface area (Å²) >= 11 is 1.80. The fourth-order valence-electron chi connectivity index (χ4n) is 2.57. The first kappa shape index (κ1) is 12.9. The normalized spacial score (nSPS) is 19.9. The Labute approximate surface area is 118 Å². The maximum absolute atomic E-state index is 5.91. The van der Waals surface area contributed by atoms with Gasteiger partial charge in [0.05, 0.1) is 12.7 Å². The molecule has 3 rings (SSSR count). The summed E-state index contributed by atoms with van der Waals surface area (Å²) in [6, 6.07) is 13.3. The van der Waals surface area contributed by atoms with E-state index in [1.54, 1.807) is 11.3 Å². The summed E-state index contributed by atoms with van der Waals surface area (Å²) in [6.07, 6.45) is 1.22. The van der Waals surface area contributed by atoms with E-state index in [1.807, 2.05) is 0 Å². The zero-order valence-electron chi connectivity index (χ0n) is 11.1. The van der Waals surface area contributed by atoms with E-state index in [4.69, 9.17) is 4.74 Å². The van der Waals surface area contributed by atoms with Gasteiger partial charge in [-0.15, -0.1) is 11.3 Å². The van der Waals surface area contributed by atoms with Crippen molar-refractivity contribution in [3.05, 3.63) is 57.8 Å². The molecular weight excluding hydrogens is 254 g/mol. The Kier molecular flexibility index (Phi) is 3.97. The Bertz CT molecular complexity index is 523. The molecule has 0 bridgehead atoms. The SMILES string of the molecule is CC(NCC1OCCc2ccccc21)c1cccs1. The molecule has 1 aromatic carbocycles. The highest BCUT2D eigenvalue weighted by Gasteiger charge is 2.20. The van der Waals surface area contributed by atoms with Crippen LogP contribution >= 0.6 is 11.3 Å². The summed E-state index contributed by atoms with van der Waals surface area (Å²) in [4.78, 5) is 1.38. The minimum atomic E-state index is 0.187. The first-order chi connectivity index (χ1) is 9.34. The van der Waals surface area contributed by atoms with Crippen molar-refractivity contribution in [3.63, 3.8) is 0 Å². The second-order valence-corrected chi connectivity index (χ2v) is 5.93. The van der Waals surface area contributed by atoms with Gasteiger partial charge in [0.2, 0.25) is 0 Å². The van der Waals surface area contributed by atoms with E-state index in [0.29, 0.717) is 6.04 Å². The molecule has 0 saturated heterocycles. The Morgan fingerprint density at radius 3 is 3.05 bits per heavy atom. The lowest BCUT2D eigenvalue weighted by molar-refractivity contribution is 0.0410. The molecule has 1 aliphatic rings. The molecule has 1 aliphatic heterocycles. The summed E-state index contributed by atoms with van der Waals surface area (Å²) in [5, 5.41) is 5.71. The van der Waals surface area contributed by atoms with Crippen molar-refractivity contribution < 1.29 is 4.74 Å². The van der Waals surface area contributed by atoms with Crippen LogP contribution in [0, 0.1) is 0 Å². The summed E-state index contributed by atoms with van der Waals surface area (Å²) < 4.78 is 5.91. The second-order valence-electron chi connectivity index (χ2n) is 4.95. The Balaban J connectivity index is 1.65. The van der Waals surface area contributed by atoms with Crippen LogP contribution in [0.25, 0.3) is 0 Å². The van der Waals surface area contributed by atoms with Crippen molar-refractivity contribution in [2.24, 2.45) is 0 Å². The van der Waals surface area contributed by atoms with E-state index in [1.165, 1.54) is 16.0 Å². The minimum absolute atomic E-state index is 0.187. The average Bonchev–Trinajstić information content (AvgIpc) is 2.99. The van der Waals surface area contributed by atoms with Gasteiger partial charge in [0.15, 0.2) is 0 Å².